The third kappa shape index (κ3) is 2.74. The van der Waals surface area contributed by atoms with E-state index < -0.39 is 5.82 Å². The Hall–Kier alpha value is -2.37. The van der Waals surface area contributed by atoms with Gasteiger partial charge < -0.3 is 14.7 Å². The lowest BCUT2D eigenvalue weighted by atomic mass is 10.1. The van der Waals surface area contributed by atoms with Crippen molar-refractivity contribution in [2.45, 2.75) is 25.8 Å². The summed E-state index contributed by atoms with van der Waals surface area (Å²) in [7, 11) is 0. The van der Waals surface area contributed by atoms with Crippen molar-refractivity contribution in [3.63, 3.8) is 0 Å². The number of amides is 2. The first-order valence-corrected chi connectivity index (χ1v) is 6.90. The highest BCUT2D eigenvalue weighted by molar-refractivity contribution is 5.89. The van der Waals surface area contributed by atoms with E-state index in [1.54, 1.807) is 23.1 Å². The molecule has 1 aromatic carbocycles. The minimum Gasteiger partial charge on any atom is -0.361 e. The Balaban J connectivity index is 1.76. The van der Waals surface area contributed by atoms with Crippen LogP contribution in [0.2, 0.25) is 0 Å². The van der Waals surface area contributed by atoms with Gasteiger partial charge >= 0.3 is 6.03 Å². The van der Waals surface area contributed by atoms with E-state index in [0.717, 1.165) is 18.5 Å². The molecule has 1 N–H and O–H groups in total. The second kappa shape index (κ2) is 5.55. The van der Waals surface area contributed by atoms with Crippen LogP contribution in [0.15, 0.2) is 34.9 Å². The number of aromatic nitrogens is 1. The Morgan fingerprint density at radius 1 is 1.48 bits per heavy atom. The molecule has 1 aliphatic heterocycles. The van der Waals surface area contributed by atoms with Crippen LogP contribution < -0.4 is 5.32 Å². The number of urea groups is 1. The maximum absolute atomic E-state index is 13.6. The summed E-state index contributed by atoms with van der Waals surface area (Å²) in [5.41, 5.74) is 0.929. The number of hydrogen-bond donors (Lipinski definition) is 1. The van der Waals surface area contributed by atoms with Crippen LogP contribution in [0, 0.1) is 12.7 Å². The molecule has 1 aromatic heterocycles. The number of halogens is 1. The summed E-state index contributed by atoms with van der Waals surface area (Å²) in [6.45, 7) is 2.44. The molecule has 3 rings (SSSR count). The van der Waals surface area contributed by atoms with Gasteiger partial charge in [0.1, 0.15) is 17.3 Å². The van der Waals surface area contributed by atoms with Crippen molar-refractivity contribution in [3.05, 3.63) is 47.6 Å². The van der Waals surface area contributed by atoms with Crippen LogP contribution in [0.25, 0.3) is 0 Å². The van der Waals surface area contributed by atoms with Gasteiger partial charge in [0.05, 0.1) is 11.7 Å². The van der Waals surface area contributed by atoms with E-state index in [0.29, 0.717) is 12.3 Å². The lowest BCUT2D eigenvalue weighted by Gasteiger charge is -2.23. The third-order valence-electron chi connectivity index (χ3n) is 3.62. The Morgan fingerprint density at radius 2 is 2.29 bits per heavy atom. The number of aryl methyl sites for hydroxylation is 1. The zero-order valence-electron chi connectivity index (χ0n) is 11.7. The molecule has 1 atom stereocenters. The number of likely N-dealkylation sites (tertiary alicyclic amines) is 1. The summed E-state index contributed by atoms with van der Waals surface area (Å²) in [6, 6.07) is 7.52. The van der Waals surface area contributed by atoms with Crippen molar-refractivity contribution in [1.82, 2.24) is 10.1 Å². The number of carbonyl (C=O) groups excluding carboxylic acids is 1. The first-order chi connectivity index (χ1) is 10.1. The summed E-state index contributed by atoms with van der Waals surface area (Å²) < 4.78 is 18.7. The number of nitrogens with zero attached hydrogens (tertiary/aromatic N) is 2. The van der Waals surface area contributed by atoms with E-state index in [1.165, 1.54) is 6.07 Å². The molecule has 0 bridgehead atoms. The molecule has 21 heavy (non-hydrogen) atoms. The normalized spacial score (nSPS) is 18.0. The topological polar surface area (TPSA) is 58.4 Å². The fourth-order valence-corrected chi connectivity index (χ4v) is 2.61. The summed E-state index contributed by atoms with van der Waals surface area (Å²) in [5, 5.41) is 6.60. The number of nitrogens with one attached hydrogen (secondary N) is 1. The van der Waals surface area contributed by atoms with Gasteiger partial charge in [-0.15, -0.1) is 0 Å². The van der Waals surface area contributed by atoms with Gasteiger partial charge in [0.2, 0.25) is 0 Å². The van der Waals surface area contributed by atoms with Crippen LogP contribution in [0.1, 0.15) is 30.3 Å². The van der Waals surface area contributed by atoms with Crippen molar-refractivity contribution in [1.29, 1.82) is 0 Å². The number of benzene rings is 1. The van der Waals surface area contributed by atoms with Gasteiger partial charge in [0.15, 0.2) is 0 Å². The summed E-state index contributed by atoms with van der Waals surface area (Å²) in [6.07, 6.45) is 1.72. The van der Waals surface area contributed by atoms with E-state index in [9.17, 15) is 9.18 Å². The second-order valence-electron chi connectivity index (χ2n) is 5.12. The molecule has 1 saturated heterocycles. The maximum Gasteiger partial charge on any atom is 0.322 e. The van der Waals surface area contributed by atoms with Crippen LogP contribution in [0.5, 0.6) is 0 Å². The molecule has 0 aliphatic carbocycles. The molecular formula is C15H16FN3O2. The molecule has 0 saturated carbocycles. The van der Waals surface area contributed by atoms with Gasteiger partial charge in [-0.05, 0) is 31.9 Å². The van der Waals surface area contributed by atoms with E-state index in [-0.39, 0.29) is 17.8 Å². The summed E-state index contributed by atoms with van der Waals surface area (Å²) in [5.74, 6) is 0.269. The van der Waals surface area contributed by atoms with E-state index in [4.69, 9.17) is 4.52 Å². The number of para-hydroxylation sites is 1. The van der Waals surface area contributed by atoms with Gasteiger partial charge in [0, 0.05) is 12.6 Å². The van der Waals surface area contributed by atoms with Gasteiger partial charge in [-0.25, -0.2) is 9.18 Å². The van der Waals surface area contributed by atoms with Gasteiger partial charge in [-0.3, -0.25) is 0 Å². The fraction of sp³-hybridized carbons (Fsp3) is 0.333. The Bertz CT molecular complexity index is 656. The quantitative estimate of drug-likeness (QED) is 0.920. The molecule has 1 fully saturated rings. The highest BCUT2D eigenvalue weighted by Gasteiger charge is 2.32. The molecule has 6 heteroatoms. The van der Waals surface area contributed by atoms with Crippen molar-refractivity contribution in [3.8, 4) is 0 Å². The lowest BCUT2D eigenvalue weighted by molar-refractivity contribution is 0.204. The Kier molecular flexibility index (Phi) is 3.60. The standard InChI is InChI=1S/C15H16FN3O2/c1-10-9-13(18-21-10)14-7-4-8-19(14)15(20)17-12-6-3-2-5-11(12)16/h2-3,5-6,9,14H,4,7-8H2,1H3,(H,17,20)/t14-/m1/s1. The van der Waals surface area contributed by atoms with Gasteiger partial charge in [-0.1, -0.05) is 17.3 Å². The highest BCUT2D eigenvalue weighted by Crippen LogP contribution is 2.32. The lowest BCUT2D eigenvalue weighted by Crippen LogP contribution is -2.34. The van der Waals surface area contributed by atoms with Crippen molar-refractivity contribution < 1.29 is 13.7 Å². The summed E-state index contributed by atoms with van der Waals surface area (Å²) >= 11 is 0. The third-order valence-corrected chi connectivity index (χ3v) is 3.62. The van der Waals surface area contributed by atoms with Gasteiger partial charge in [-0.2, -0.15) is 0 Å². The van der Waals surface area contributed by atoms with E-state index >= 15 is 0 Å². The molecular weight excluding hydrogens is 273 g/mol. The minimum absolute atomic E-state index is 0.116. The highest BCUT2D eigenvalue weighted by atomic mass is 19.1. The molecule has 2 amide bonds. The fourth-order valence-electron chi connectivity index (χ4n) is 2.61. The average molecular weight is 289 g/mol. The number of hydrogen-bond acceptors (Lipinski definition) is 3. The predicted octanol–water partition coefficient (Wildman–Crippen LogP) is 3.49. The molecule has 0 unspecified atom stereocenters. The van der Waals surface area contributed by atoms with Crippen LogP contribution in [-0.4, -0.2) is 22.6 Å². The van der Waals surface area contributed by atoms with Crippen LogP contribution in [0.4, 0.5) is 14.9 Å². The van der Waals surface area contributed by atoms with Crippen LogP contribution >= 0.6 is 0 Å². The molecule has 0 radical (unpaired) electrons. The maximum atomic E-state index is 13.6. The summed E-state index contributed by atoms with van der Waals surface area (Å²) in [4.78, 5) is 14.0. The van der Waals surface area contributed by atoms with E-state index in [2.05, 4.69) is 10.5 Å². The van der Waals surface area contributed by atoms with Crippen LogP contribution in [-0.2, 0) is 0 Å². The van der Waals surface area contributed by atoms with Gasteiger partial charge in [0.25, 0.3) is 0 Å². The molecule has 1 aliphatic rings. The zero-order valence-corrected chi connectivity index (χ0v) is 11.7. The minimum atomic E-state index is -0.445. The number of carbonyl (C=O) groups is 1. The Labute approximate surface area is 121 Å². The van der Waals surface area contributed by atoms with Crippen molar-refractivity contribution in [2.24, 2.45) is 0 Å². The molecule has 5 nitrogen and oxygen atoms in total. The largest absolute Gasteiger partial charge is 0.361 e. The first kappa shape index (κ1) is 13.6. The first-order valence-electron chi connectivity index (χ1n) is 6.90. The smallest absolute Gasteiger partial charge is 0.322 e. The number of anilines is 1. The SMILES string of the molecule is Cc1cc([C@H]2CCCN2C(=O)Nc2ccccc2F)no1. The molecule has 2 heterocycles. The Morgan fingerprint density at radius 3 is 3.00 bits per heavy atom. The van der Waals surface area contributed by atoms with Crippen molar-refractivity contribution >= 4 is 11.7 Å². The number of rotatable bonds is 2. The predicted molar refractivity (Wildman–Crippen MR) is 75.3 cm³/mol. The average Bonchev–Trinajstić information content (AvgIpc) is 3.09. The van der Waals surface area contributed by atoms with E-state index in [1.807, 2.05) is 13.0 Å². The molecule has 110 valence electrons. The van der Waals surface area contributed by atoms with Crippen molar-refractivity contribution in [2.75, 3.05) is 11.9 Å². The molecule has 0 spiro atoms. The monoisotopic (exact) mass is 289 g/mol. The second-order valence-corrected chi connectivity index (χ2v) is 5.12. The molecule has 2 aromatic rings. The zero-order chi connectivity index (χ0) is 14.8. The van der Waals surface area contributed by atoms with Crippen LogP contribution in [0.3, 0.4) is 0 Å².